The Bertz CT molecular complexity index is 1220. The first-order valence-electron chi connectivity index (χ1n) is 11.8. The lowest BCUT2D eigenvalue weighted by Crippen LogP contribution is -2.35. The van der Waals surface area contributed by atoms with Crippen LogP contribution < -0.4 is 14.9 Å². The van der Waals surface area contributed by atoms with Crippen LogP contribution in [0.3, 0.4) is 0 Å². The molecule has 3 heterocycles. The van der Waals surface area contributed by atoms with Crippen molar-refractivity contribution < 1.29 is 18.0 Å². The standard InChI is InChI=1S/C25H28F3N7OS/c1-34(37-2)22-18(7-6-12-29-22)15-30-21-20(25(26,27)28)16-31-24(33-21)32-19-10-8-17(9-11-19)23(36)35-13-4-3-5-14-35/h6-12,16H,3-5,13-15H2,1-2H3,(H2,30,31,32,33). The number of hydrogen-bond donors (Lipinski definition) is 2. The molecule has 0 atom stereocenters. The highest BCUT2D eigenvalue weighted by atomic mass is 32.2. The quantitative estimate of drug-likeness (QED) is 0.364. The fourth-order valence-electron chi connectivity index (χ4n) is 4.01. The molecule has 0 aliphatic carbocycles. The predicted molar refractivity (Wildman–Crippen MR) is 140 cm³/mol. The number of anilines is 4. The molecule has 8 nitrogen and oxygen atoms in total. The third-order valence-electron chi connectivity index (χ3n) is 6.01. The molecule has 1 aliphatic rings. The molecule has 0 spiro atoms. The number of piperidine rings is 1. The molecule has 0 unspecified atom stereocenters. The summed E-state index contributed by atoms with van der Waals surface area (Å²) in [5.41, 5.74) is 0.862. The molecule has 0 bridgehead atoms. The van der Waals surface area contributed by atoms with Crippen molar-refractivity contribution in [2.45, 2.75) is 32.0 Å². The van der Waals surface area contributed by atoms with E-state index >= 15 is 0 Å². The summed E-state index contributed by atoms with van der Waals surface area (Å²) >= 11 is 1.44. The number of alkyl halides is 3. The second-order valence-corrected chi connectivity index (χ2v) is 9.44. The van der Waals surface area contributed by atoms with Crippen LogP contribution in [0.2, 0.25) is 0 Å². The number of carbonyl (C=O) groups is 1. The molecule has 0 radical (unpaired) electrons. The third-order valence-corrected chi connectivity index (χ3v) is 6.73. The maximum absolute atomic E-state index is 13.7. The molecule has 1 aromatic carbocycles. The molecule has 12 heteroatoms. The Morgan fingerprint density at radius 3 is 2.51 bits per heavy atom. The third kappa shape index (κ3) is 6.62. The summed E-state index contributed by atoms with van der Waals surface area (Å²) in [7, 11) is 1.83. The Labute approximate surface area is 217 Å². The lowest BCUT2D eigenvalue weighted by molar-refractivity contribution is -0.137. The Kier molecular flexibility index (Phi) is 8.37. The number of nitrogens with one attached hydrogen (secondary N) is 2. The normalized spacial score (nSPS) is 13.8. The topological polar surface area (TPSA) is 86.3 Å². The molecule has 2 N–H and O–H groups in total. The smallest absolute Gasteiger partial charge is 0.365 e. The van der Waals surface area contributed by atoms with Gasteiger partial charge < -0.3 is 19.8 Å². The number of halogens is 3. The fourth-order valence-corrected chi connectivity index (χ4v) is 4.34. The summed E-state index contributed by atoms with van der Waals surface area (Å²) in [5.74, 6) is 0.273. The van der Waals surface area contributed by atoms with Gasteiger partial charge in [-0.05, 0) is 49.6 Å². The fraction of sp³-hybridized carbons (Fsp3) is 0.360. The second-order valence-electron chi connectivity index (χ2n) is 8.53. The van der Waals surface area contributed by atoms with Crippen LogP contribution in [0.15, 0.2) is 48.8 Å². The number of aromatic nitrogens is 3. The zero-order valence-electron chi connectivity index (χ0n) is 20.5. The van der Waals surface area contributed by atoms with E-state index in [1.165, 1.54) is 11.9 Å². The van der Waals surface area contributed by atoms with Crippen LogP contribution in [-0.4, -0.2) is 52.2 Å². The highest BCUT2D eigenvalue weighted by Crippen LogP contribution is 2.34. The molecule has 196 valence electrons. The van der Waals surface area contributed by atoms with Crippen molar-refractivity contribution in [2.24, 2.45) is 0 Å². The van der Waals surface area contributed by atoms with Gasteiger partial charge in [-0.2, -0.15) is 18.2 Å². The lowest BCUT2D eigenvalue weighted by Gasteiger charge is -2.26. The summed E-state index contributed by atoms with van der Waals surface area (Å²) in [4.78, 5) is 26.8. The van der Waals surface area contributed by atoms with Crippen molar-refractivity contribution in [3.8, 4) is 0 Å². The van der Waals surface area contributed by atoms with E-state index in [1.807, 2.05) is 22.5 Å². The zero-order chi connectivity index (χ0) is 26.4. The summed E-state index contributed by atoms with van der Waals surface area (Å²) in [6.07, 6.45) is 2.77. The molecular formula is C25H28F3N7OS. The second kappa shape index (κ2) is 11.7. The molecule has 2 aromatic heterocycles. The van der Waals surface area contributed by atoms with Crippen LogP contribution in [0.5, 0.6) is 0 Å². The van der Waals surface area contributed by atoms with Gasteiger partial charge in [-0.1, -0.05) is 18.0 Å². The number of amides is 1. The minimum absolute atomic E-state index is 0.00162. The van der Waals surface area contributed by atoms with Crippen molar-refractivity contribution in [3.63, 3.8) is 0 Å². The molecule has 3 aromatic rings. The minimum Gasteiger partial charge on any atom is -0.365 e. The van der Waals surface area contributed by atoms with Gasteiger partial charge in [-0.25, -0.2) is 9.97 Å². The molecule has 1 aliphatic heterocycles. The number of carbonyl (C=O) groups excluding carboxylic acids is 1. The van der Waals surface area contributed by atoms with E-state index in [0.717, 1.165) is 44.1 Å². The molecule has 1 fully saturated rings. The first kappa shape index (κ1) is 26.5. The van der Waals surface area contributed by atoms with E-state index in [4.69, 9.17) is 0 Å². The van der Waals surface area contributed by atoms with Gasteiger partial charge in [-0.3, -0.25) is 4.79 Å². The van der Waals surface area contributed by atoms with E-state index in [1.54, 1.807) is 42.6 Å². The molecule has 0 saturated carbocycles. The Morgan fingerprint density at radius 1 is 1.11 bits per heavy atom. The van der Waals surface area contributed by atoms with E-state index in [-0.39, 0.29) is 24.2 Å². The van der Waals surface area contributed by atoms with Crippen LogP contribution in [0.4, 0.5) is 36.4 Å². The Balaban J connectivity index is 1.51. The van der Waals surface area contributed by atoms with E-state index in [2.05, 4.69) is 25.6 Å². The van der Waals surface area contributed by atoms with Gasteiger partial charge in [0, 0.05) is 62.1 Å². The van der Waals surface area contributed by atoms with Crippen LogP contribution in [0.1, 0.15) is 40.7 Å². The van der Waals surface area contributed by atoms with Crippen molar-refractivity contribution in [3.05, 3.63) is 65.5 Å². The Morgan fingerprint density at radius 2 is 1.84 bits per heavy atom. The molecular weight excluding hydrogens is 503 g/mol. The van der Waals surface area contributed by atoms with Gasteiger partial charge in [0.15, 0.2) is 0 Å². The highest BCUT2D eigenvalue weighted by Gasteiger charge is 2.35. The lowest BCUT2D eigenvalue weighted by atomic mass is 10.1. The van der Waals surface area contributed by atoms with Crippen LogP contribution in [-0.2, 0) is 12.7 Å². The molecule has 4 rings (SSSR count). The average Bonchev–Trinajstić information content (AvgIpc) is 2.91. The summed E-state index contributed by atoms with van der Waals surface area (Å²) < 4.78 is 42.8. The van der Waals surface area contributed by atoms with Crippen LogP contribution in [0, 0.1) is 0 Å². The summed E-state index contributed by atoms with van der Waals surface area (Å²) in [6.45, 7) is 1.59. The Hall–Kier alpha value is -3.54. The van der Waals surface area contributed by atoms with E-state index < -0.39 is 11.7 Å². The van der Waals surface area contributed by atoms with Crippen molar-refractivity contribution in [1.82, 2.24) is 19.9 Å². The van der Waals surface area contributed by atoms with Gasteiger partial charge in [-0.15, -0.1) is 0 Å². The van der Waals surface area contributed by atoms with E-state index in [9.17, 15) is 18.0 Å². The van der Waals surface area contributed by atoms with Gasteiger partial charge in [0.1, 0.15) is 17.2 Å². The first-order chi connectivity index (χ1) is 17.8. The first-order valence-corrected chi connectivity index (χ1v) is 13.0. The van der Waals surface area contributed by atoms with Crippen molar-refractivity contribution in [2.75, 3.05) is 41.3 Å². The minimum atomic E-state index is -4.63. The number of rotatable bonds is 8. The van der Waals surface area contributed by atoms with Gasteiger partial charge >= 0.3 is 6.18 Å². The molecule has 1 saturated heterocycles. The maximum Gasteiger partial charge on any atom is 0.421 e. The monoisotopic (exact) mass is 531 g/mol. The SMILES string of the molecule is CSN(C)c1ncccc1CNc1nc(Nc2ccc(C(=O)N3CCCCC3)cc2)ncc1C(F)(F)F. The van der Waals surface area contributed by atoms with Crippen molar-refractivity contribution in [1.29, 1.82) is 0 Å². The largest absolute Gasteiger partial charge is 0.421 e. The van der Waals surface area contributed by atoms with Crippen molar-refractivity contribution >= 4 is 41.1 Å². The summed E-state index contributed by atoms with van der Waals surface area (Å²) in [6, 6.07) is 10.3. The number of nitrogens with zero attached hydrogens (tertiary/aromatic N) is 5. The van der Waals surface area contributed by atoms with Gasteiger partial charge in [0.2, 0.25) is 5.95 Å². The number of hydrogen-bond acceptors (Lipinski definition) is 8. The van der Waals surface area contributed by atoms with Gasteiger partial charge in [0.25, 0.3) is 5.91 Å². The number of likely N-dealkylation sites (tertiary alicyclic amines) is 1. The average molecular weight is 532 g/mol. The van der Waals surface area contributed by atoms with E-state index in [0.29, 0.717) is 17.1 Å². The molecule has 1 amide bonds. The predicted octanol–water partition coefficient (Wildman–Crippen LogP) is 5.59. The highest BCUT2D eigenvalue weighted by molar-refractivity contribution is 7.99. The summed E-state index contributed by atoms with van der Waals surface area (Å²) in [5, 5.41) is 5.73. The number of benzene rings is 1. The number of pyridine rings is 1. The van der Waals surface area contributed by atoms with Crippen LogP contribution in [0.25, 0.3) is 0 Å². The van der Waals surface area contributed by atoms with Crippen LogP contribution >= 0.6 is 11.9 Å². The zero-order valence-corrected chi connectivity index (χ0v) is 21.4. The maximum atomic E-state index is 13.7. The molecule has 37 heavy (non-hydrogen) atoms. The van der Waals surface area contributed by atoms with Gasteiger partial charge in [0.05, 0.1) is 0 Å².